The standard InChI is InChI=1S/C18H29NOS/c1-3-4-5-6-7-11-14-21-15-18(19-16(2)20)17-12-9-8-10-13-17/h8-10,12-13,18H,3-7,11,14-15H2,1-2H3,(H,19,20). The summed E-state index contributed by atoms with van der Waals surface area (Å²) in [7, 11) is 0. The zero-order chi connectivity index (χ0) is 15.3. The molecule has 0 bridgehead atoms. The van der Waals surface area contributed by atoms with E-state index in [-0.39, 0.29) is 11.9 Å². The fourth-order valence-corrected chi connectivity index (χ4v) is 3.42. The number of benzene rings is 1. The van der Waals surface area contributed by atoms with Gasteiger partial charge in [-0.15, -0.1) is 0 Å². The SMILES string of the molecule is CCCCCCCCSCC(NC(C)=O)c1ccccc1. The van der Waals surface area contributed by atoms with Gasteiger partial charge < -0.3 is 5.32 Å². The summed E-state index contributed by atoms with van der Waals surface area (Å²) in [5.41, 5.74) is 1.20. The van der Waals surface area contributed by atoms with Gasteiger partial charge in [0.05, 0.1) is 6.04 Å². The lowest BCUT2D eigenvalue weighted by Crippen LogP contribution is -2.27. The molecule has 0 aliphatic rings. The van der Waals surface area contributed by atoms with Crippen molar-refractivity contribution in [3.8, 4) is 0 Å². The Labute approximate surface area is 134 Å². The van der Waals surface area contributed by atoms with Crippen LogP contribution >= 0.6 is 11.8 Å². The first-order valence-electron chi connectivity index (χ1n) is 8.13. The van der Waals surface area contributed by atoms with Crippen molar-refractivity contribution in [3.63, 3.8) is 0 Å². The van der Waals surface area contributed by atoms with Gasteiger partial charge in [-0.05, 0) is 17.7 Å². The van der Waals surface area contributed by atoms with Gasteiger partial charge in [-0.3, -0.25) is 4.79 Å². The third-order valence-electron chi connectivity index (χ3n) is 3.51. The van der Waals surface area contributed by atoms with Crippen molar-refractivity contribution in [1.29, 1.82) is 0 Å². The van der Waals surface area contributed by atoms with E-state index in [9.17, 15) is 4.79 Å². The lowest BCUT2D eigenvalue weighted by molar-refractivity contribution is -0.119. The highest BCUT2D eigenvalue weighted by molar-refractivity contribution is 7.99. The summed E-state index contributed by atoms with van der Waals surface area (Å²) < 4.78 is 0. The van der Waals surface area contributed by atoms with Crippen molar-refractivity contribution in [2.24, 2.45) is 0 Å². The van der Waals surface area contributed by atoms with Crippen LogP contribution in [0.1, 0.15) is 64.0 Å². The van der Waals surface area contributed by atoms with E-state index >= 15 is 0 Å². The van der Waals surface area contributed by atoms with E-state index < -0.39 is 0 Å². The van der Waals surface area contributed by atoms with Crippen molar-refractivity contribution in [2.45, 2.75) is 58.4 Å². The summed E-state index contributed by atoms with van der Waals surface area (Å²) in [5.74, 6) is 2.19. The molecule has 0 aliphatic heterocycles. The zero-order valence-electron chi connectivity index (χ0n) is 13.4. The summed E-state index contributed by atoms with van der Waals surface area (Å²) in [4.78, 5) is 11.3. The third kappa shape index (κ3) is 8.82. The van der Waals surface area contributed by atoms with Gasteiger partial charge >= 0.3 is 0 Å². The summed E-state index contributed by atoms with van der Waals surface area (Å²) in [6.45, 7) is 3.84. The van der Waals surface area contributed by atoms with E-state index in [4.69, 9.17) is 0 Å². The van der Waals surface area contributed by atoms with Crippen LogP contribution in [0.5, 0.6) is 0 Å². The summed E-state index contributed by atoms with van der Waals surface area (Å²) in [5, 5.41) is 3.06. The second-order valence-corrected chi connectivity index (χ2v) is 6.66. The molecule has 21 heavy (non-hydrogen) atoms. The van der Waals surface area contributed by atoms with Crippen LogP contribution in [-0.2, 0) is 4.79 Å². The number of nitrogens with one attached hydrogen (secondary N) is 1. The van der Waals surface area contributed by atoms with Crippen molar-refractivity contribution in [1.82, 2.24) is 5.32 Å². The molecule has 0 aliphatic carbocycles. The Morgan fingerprint density at radius 3 is 2.43 bits per heavy atom. The molecular formula is C18H29NOS. The first-order valence-corrected chi connectivity index (χ1v) is 9.29. The normalized spacial score (nSPS) is 12.1. The van der Waals surface area contributed by atoms with Crippen LogP contribution in [0.4, 0.5) is 0 Å². The van der Waals surface area contributed by atoms with E-state index in [1.54, 1.807) is 6.92 Å². The van der Waals surface area contributed by atoms with Crippen molar-refractivity contribution in [2.75, 3.05) is 11.5 Å². The van der Waals surface area contributed by atoms with Gasteiger partial charge in [0.1, 0.15) is 0 Å². The van der Waals surface area contributed by atoms with Crippen LogP contribution in [-0.4, -0.2) is 17.4 Å². The Morgan fingerprint density at radius 2 is 1.76 bits per heavy atom. The Morgan fingerprint density at radius 1 is 1.10 bits per heavy atom. The minimum Gasteiger partial charge on any atom is -0.349 e. The molecule has 1 N–H and O–H groups in total. The average molecular weight is 308 g/mol. The van der Waals surface area contributed by atoms with Gasteiger partial charge in [0, 0.05) is 12.7 Å². The van der Waals surface area contributed by atoms with Crippen molar-refractivity contribution in [3.05, 3.63) is 35.9 Å². The van der Waals surface area contributed by atoms with Gasteiger partial charge in [0.2, 0.25) is 5.91 Å². The first-order chi connectivity index (χ1) is 10.2. The van der Waals surface area contributed by atoms with E-state index in [1.165, 1.54) is 49.8 Å². The van der Waals surface area contributed by atoms with E-state index in [2.05, 4.69) is 24.4 Å². The number of hydrogen-bond donors (Lipinski definition) is 1. The number of amides is 1. The number of carbonyl (C=O) groups excluding carboxylic acids is 1. The highest BCUT2D eigenvalue weighted by atomic mass is 32.2. The minimum absolute atomic E-state index is 0.0454. The summed E-state index contributed by atoms with van der Waals surface area (Å²) >= 11 is 1.95. The highest BCUT2D eigenvalue weighted by Gasteiger charge is 2.11. The molecule has 0 saturated carbocycles. The molecular weight excluding hydrogens is 278 g/mol. The fourth-order valence-electron chi connectivity index (χ4n) is 2.34. The van der Waals surface area contributed by atoms with Crippen molar-refractivity contribution < 1.29 is 4.79 Å². The Hall–Kier alpha value is -0.960. The molecule has 2 nitrogen and oxygen atoms in total. The van der Waals surface area contributed by atoms with Crippen LogP contribution < -0.4 is 5.32 Å². The molecule has 0 radical (unpaired) electrons. The molecule has 0 fully saturated rings. The maximum absolute atomic E-state index is 11.3. The van der Waals surface area contributed by atoms with E-state index in [0.717, 1.165) is 5.75 Å². The monoisotopic (exact) mass is 307 g/mol. The minimum atomic E-state index is 0.0454. The largest absolute Gasteiger partial charge is 0.349 e. The number of thioether (sulfide) groups is 1. The van der Waals surface area contributed by atoms with Crippen LogP contribution in [0.3, 0.4) is 0 Å². The lowest BCUT2D eigenvalue weighted by atomic mass is 10.1. The van der Waals surface area contributed by atoms with Crippen LogP contribution in [0, 0.1) is 0 Å². The Balaban J connectivity index is 2.23. The predicted octanol–water partition coefficient (Wildman–Crippen LogP) is 4.96. The molecule has 0 saturated heterocycles. The molecule has 118 valence electrons. The molecule has 0 aromatic heterocycles. The van der Waals surface area contributed by atoms with Gasteiger partial charge in [0.15, 0.2) is 0 Å². The number of carbonyl (C=O) groups is 1. The van der Waals surface area contributed by atoms with Crippen molar-refractivity contribution >= 4 is 17.7 Å². The third-order valence-corrected chi connectivity index (χ3v) is 4.65. The second-order valence-electron chi connectivity index (χ2n) is 5.51. The molecule has 1 aromatic carbocycles. The molecule has 1 atom stereocenters. The fraction of sp³-hybridized carbons (Fsp3) is 0.611. The molecule has 1 amide bonds. The first kappa shape index (κ1) is 18.1. The Kier molecular flexibility index (Phi) is 10.1. The second kappa shape index (κ2) is 11.7. The molecule has 1 rings (SSSR count). The molecule has 1 unspecified atom stereocenters. The smallest absolute Gasteiger partial charge is 0.217 e. The van der Waals surface area contributed by atoms with Crippen LogP contribution in [0.25, 0.3) is 0 Å². The number of hydrogen-bond acceptors (Lipinski definition) is 2. The molecule has 1 aromatic rings. The van der Waals surface area contributed by atoms with Gasteiger partial charge in [-0.1, -0.05) is 69.4 Å². The van der Waals surface area contributed by atoms with E-state index in [1.807, 2.05) is 30.0 Å². The highest BCUT2D eigenvalue weighted by Crippen LogP contribution is 2.19. The summed E-state index contributed by atoms with van der Waals surface area (Å²) in [6.07, 6.45) is 8.04. The zero-order valence-corrected chi connectivity index (χ0v) is 14.3. The Bertz CT molecular complexity index is 380. The average Bonchev–Trinajstić information content (AvgIpc) is 2.49. The summed E-state index contributed by atoms with van der Waals surface area (Å²) in [6, 6.07) is 10.4. The van der Waals surface area contributed by atoms with E-state index in [0.29, 0.717) is 0 Å². The number of unbranched alkanes of at least 4 members (excludes halogenated alkanes) is 5. The maximum Gasteiger partial charge on any atom is 0.217 e. The van der Waals surface area contributed by atoms with Crippen LogP contribution in [0.2, 0.25) is 0 Å². The van der Waals surface area contributed by atoms with Gasteiger partial charge in [-0.2, -0.15) is 11.8 Å². The van der Waals surface area contributed by atoms with Gasteiger partial charge in [-0.25, -0.2) is 0 Å². The number of rotatable bonds is 11. The lowest BCUT2D eigenvalue weighted by Gasteiger charge is -2.18. The quantitative estimate of drug-likeness (QED) is 0.586. The molecule has 3 heteroatoms. The topological polar surface area (TPSA) is 29.1 Å². The van der Waals surface area contributed by atoms with Crippen LogP contribution in [0.15, 0.2) is 30.3 Å². The molecule has 0 spiro atoms. The van der Waals surface area contributed by atoms with Gasteiger partial charge in [0.25, 0.3) is 0 Å². The maximum atomic E-state index is 11.3. The predicted molar refractivity (Wildman–Crippen MR) is 93.7 cm³/mol. The molecule has 0 heterocycles.